The zero-order valence-electron chi connectivity index (χ0n) is 15.5. The summed E-state index contributed by atoms with van der Waals surface area (Å²) < 4.78 is 0. The summed E-state index contributed by atoms with van der Waals surface area (Å²) in [6, 6.07) is 6.52. The second-order valence-corrected chi connectivity index (χ2v) is 7.55. The third-order valence-corrected chi connectivity index (χ3v) is 5.67. The van der Waals surface area contributed by atoms with Crippen molar-refractivity contribution in [2.24, 2.45) is 0 Å². The fourth-order valence-electron chi connectivity index (χ4n) is 3.16. The van der Waals surface area contributed by atoms with E-state index in [4.69, 9.17) is 0 Å². The number of hydrogen-bond acceptors (Lipinski definition) is 5. The summed E-state index contributed by atoms with van der Waals surface area (Å²) in [4.78, 5) is 21.3. The summed E-state index contributed by atoms with van der Waals surface area (Å²) in [6.07, 6.45) is 1.67. The lowest BCUT2D eigenvalue weighted by Crippen LogP contribution is -2.46. The maximum atomic E-state index is 11.9. The zero-order chi connectivity index (χ0) is 18.5. The molecule has 1 amide bonds. The van der Waals surface area contributed by atoms with E-state index in [9.17, 15) is 4.79 Å². The predicted molar refractivity (Wildman–Crippen MR) is 108 cm³/mol. The van der Waals surface area contributed by atoms with E-state index < -0.39 is 0 Å². The maximum Gasteiger partial charge on any atom is 0.271 e. The van der Waals surface area contributed by atoms with E-state index in [0.29, 0.717) is 12.2 Å². The SMILES string of the molecule is C=CCNC(=O)c1csc(CN2CCN(c3cccc(C)c3C)CC2)n1. The molecule has 0 aliphatic carbocycles. The monoisotopic (exact) mass is 370 g/mol. The highest BCUT2D eigenvalue weighted by molar-refractivity contribution is 7.09. The molecule has 1 aliphatic rings. The Morgan fingerprint density at radius 3 is 2.81 bits per heavy atom. The van der Waals surface area contributed by atoms with Crippen LogP contribution >= 0.6 is 11.3 Å². The van der Waals surface area contributed by atoms with Crippen LogP contribution in [0.2, 0.25) is 0 Å². The number of thiazole rings is 1. The number of anilines is 1. The molecule has 0 atom stereocenters. The first-order chi connectivity index (χ1) is 12.6. The van der Waals surface area contributed by atoms with Crippen LogP contribution in [0.1, 0.15) is 26.6 Å². The van der Waals surface area contributed by atoms with Crippen LogP contribution in [0.4, 0.5) is 5.69 Å². The van der Waals surface area contributed by atoms with Crippen LogP contribution in [-0.2, 0) is 6.54 Å². The van der Waals surface area contributed by atoms with Crippen molar-refractivity contribution in [1.29, 1.82) is 0 Å². The van der Waals surface area contributed by atoms with Crippen molar-refractivity contribution >= 4 is 22.9 Å². The molecule has 0 unspecified atom stereocenters. The van der Waals surface area contributed by atoms with Crippen molar-refractivity contribution in [3.05, 3.63) is 58.1 Å². The summed E-state index contributed by atoms with van der Waals surface area (Å²) in [5, 5.41) is 5.59. The van der Waals surface area contributed by atoms with Crippen LogP contribution in [-0.4, -0.2) is 48.5 Å². The third-order valence-electron chi connectivity index (χ3n) is 4.84. The Bertz CT molecular complexity index is 778. The molecule has 2 aromatic rings. The van der Waals surface area contributed by atoms with Gasteiger partial charge in [0, 0.05) is 43.8 Å². The topological polar surface area (TPSA) is 48.5 Å². The molecule has 0 saturated carbocycles. The minimum absolute atomic E-state index is 0.132. The number of benzene rings is 1. The van der Waals surface area contributed by atoms with Gasteiger partial charge in [-0.15, -0.1) is 17.9 Å². The number of carbonyl (C=O) groups is 1. The van der Waals surface area contributed by atoms with Crippen LogP contribution in [0.25, 0.3) is 0 Å². The van der Waals surface area contributed by atoms with Crippen molar-refractivity contribution in [3.63, 3.8) is 0 Å². The molecule has 2 heterocycles. The standard InChI is InChI=1S/C20H26N4OS/c1-4-8-21-20(25)17-14-26-19(22-17)13-23-9-11-24(12-10-23)18-7-5-6-15(2)16(18)3/h4-7,14H,1,8-13H2,2-3H3,(H,21,25). The molecule has 0 bridgehead atoms. The van der Waals surface area contributed by atoms with Crippen LogP contribution < -0.4 is 10.2 Å². The Morgan fingerprint density at radius 1 is 1.31 bits per heavy atom. The minimum atomic E-state index is -0.132. The molecule has 1 saturated heterocycles. The van der Waals surface area contributed by atoms with Crippen molar-refractivity contribution in [2.75, 3.05) is 37.6 Å². The van der Waals surface area contributed by atoms with Crippen molar-refractivity contribution < 1.29 is 4.79 Å². The van der Waals surface area contributed by atoms with Crippen LogP contribution in [0, 0.1) is 13.8 Å². The van der Waals surface area contributed by atoms with E-state index in [1.54, 1.807) is 17.4 Å². The molecule has 1 N–H and O–H groups in total. The van der Waals surface area contributed by atoms with E-state index in [1.165, 1.54) is 16.8 Å². The molecule has 1 aromatic heterocycles. The molecule has 1 aromatic carbocycles. The maximum absolute atomic E-state index is 11.9. The van der Waals surface area contributed by atoms with Gasteiger partial charge in [-0.05, 0) is 31.0 Å². The number of piperazine rings is 1. The molecule has 6 heteroatoms. The second-order valence-electron chi connectivity index (χ2n) is 6.61. The lowest BCUT2D eigenvalue weighted by molar-refractivity contribution is 0.0953. The van der Waals surface area contributed by atoms with Crippen molar-refractivity contribution in [2.45, 2.75) is 20.4 Å². The van der Waals surface area contributed by atoms with Gasteiger partial charge in [0.05, 0.1) is 6.54 Å². The Balaban J connectivity index is 1.54. The van der Waals surface area contributed by atoms with E-state index >= 15 is 0 Å². The smallest absolute Gasteiger partial charge is 0.271 e. The lowest BCUT2D eigenvalue weighted by atomic mass is 10.1. The average Bonchev–Trinajstić information content (AvgIpc) is 3.11. The summed E-state index contributed by atoms with van der Waals surface area (Å²) in [6.45, 7) is 13.3. The fourth-order valence-corrected chi connectivity index (χ4v) is 3.98. The summed E-state index contributed by atoms with van der Waals surface area (Å²) >= 11 is 1.55. The van der Waals surface area contributed by atoms with Gasteiger partial charge in [-0.2, -0.15) is 0 Å². The van der Waals surface area contributed by atoms with Crippen LogP contribution in [0.5, 0.6) is 0 Å². The minimum Gasteiger partial charge on any atom is -0.369 e. The number of hydrogen-bond donors (Lipinski definition) is 1. The number of rotatable bonds is 6. The number of carbonyl (C=O) groups excluding carboxylic acids is 1. The highest BCUT2D eigenvalue weighted by Crippen LogP contribution is 2.24. The van der Waals surface area contributed by atoms with Gasteiger partial charge in [-0.3, -0.25) is 9.69 Å². The van der Waals surface area contributed by atoms with E-state index in [-0.39, 0.29) is 5.91 Å². The van der Waals surface area contributed by atoms with Gasteiger partial charge >= 0.3 is 0 Å². The Hall–Kier alpha value is -2.18. The first-order valence-electron chi connectivity index (χ1n) is 8.95. The molecular formula is C20H26N4OS. The summed E-state index contributed by atoms with van der Waals surface area (Å²) in [5.41, 5.74) is 4.56. The summed E-state index contributed by atoms with van der Waals surface area (Å²) in [7, 11) is 0. The molecule has 26 heavy (non-hydrogen) atoms. The normalized spacial score (nSPS) is 15.1. The second kappa shape index (κ2) is 8.47. The fraction of sp³-hybridized carbons (Fsp3) is 0.400. The van der Waals surface area contributed by atoms with Gasteiger partial charge < -0.3 is 10.2 Å². The van der Waals surface area contributed by atoms with Gasteiger partial charge in [0.15, 0.2) is 0 Å². The quantitative estimate of drug-likeness (QED) is 0.794. The number of nitrogens with zero attached hydrogens (tertiary/aromatic N) is 3. The first kappa shape index (κ1) is 18.6. The molecule has 0 radical (unpaired) electrons. The molecule has 3 rings (SSSR count). The highest BCUT2D eigenvalue weighted by atomic mass is 32.1. The molecule has 1 fully saturated rings. The van der Waals surface area contributed by atoms with Crippen molar-refractivity contribution in [3.8, 4) is 0 Å². The number of amides is 1. The van der Waals surface area contributed by atoms with Crippen LogP contribution in [0.3, 0.4) is 0 Å². The molecule has 5 nitrogen and oxygen atoms in total. The number of nitrogens with one attached hydrogen (secondary N) is 1. The Kier molecular flexibility index (Phi) is 6.06. The van der Waals surface area contributed by atoms with E-state index in [2.05, 4.69) is 58.7 Å². The summed E-state index contributed by atoms with van der Waals surface area (Å²) in [5.74, 6) is -0.132. The first-order valence-corrected chi connectivity index (χ1v) is 9.83. The van der Waals surface area contributed by atoms with Gasteiger partial charge in [0.25, 0.3) is 5.91 Å². The zero-order valence-corrected chi connectivity index (χ0v) is 16.3. The predicted octanol–water partition coefficient (Wildman–Crippen LogP) is 3.00. The van der Waals surface area contributed by atoms with Gasteiger partial charge in [-0.1, -0.05) is 18.2 Å². The third kappa shape index (κ3) is 4.31. The Morgan fingerprint density at radius 2 is 2.08 bits per heavy atom. The van der Waals surface area contributed by atoms with E-state index in [1.807, 2.05) is 5.38 Å². The molecule has 1 aliphatic heterocycles. The average molecular weight is 371 g/mol. The van der Waals surface area contributed by atoms with Gasteiger partial charge in [-0.25, -0.2) is 4.98 Å². The Labute approximate surface area is 159 Å². The van der Waals surface area contributed by atoms with Gasteiger partial charge in [0.1, 0.15) is 10.7 Å². The van der Waals surface area contributed by atoms with Crippen molar-refractivity contribution in [1.82, 2.24) is 15.2 Å². The highest BCUT2D eigenvalue weighted by Gasteiger charge is 2.20. The lowest BCUT2D eigenvalue weighted by Gasteiger charge is -2.36. The van der Waals surface area contributed by atoms with Gasteiger partial charge in [0.2, 0.25) is 0 Å². The number of aryl methyl sites for hydroxylation is 1. The largest absolute Gasteiger partial charge is 0.369 e. The molecule has 138 valence electrons. The molecule has 0 spiro atoms. The number of aromatic nitrogens is 1. The van der Waals surface area contributed by atoms with E-state index in [0.717, 1.165) is 37.7 Å². The van der Waals surface area contributed by atoms with Crippen LogP contribution in [0.15, 0.2) is 36.2 Å². The molecular weight excluding hydrogens is 344 g/mol.